The van der Waals surface area contributed by atoms with E-state index in [2.05, 4.69) is 36.2 Å². The van der Waals surface area contributed by atoms with E-state index in [1.54, 1.807) is 0 Å². The Hall–Kier alpha value is -1.23. The predicted octanol–water partition coefficient (Wildman–Crippen LogP) is 3.88. The highest BCUT2D eigenvalue weighted by atomic mass is 19.4. The molecule has 2 rings (SSSR count). The topological polar surface area (TPSA) is 15.3 Å². The minimum Gasteiger partial charge on any atom is -0.371 e. The molecule has 21 heavy (non-hydrogen) atoms. The maximum Gasteiger partial charge on any atom is 0.391 e. The van der Waals surface area contributed by atoms with Crippen LogP contribution < -0.4 is 10.2 Å². The lowest BCUT2D eigenvalue weighted by atomic mass is 9.95. The van der Waals surface area contributed by atoms with Gasteiger partial charge in [0, 0.05) is 25.3 Å². The van der Waals surface area contributed by atoms with E-state index < -0.39 is 12.1 Å². The normalized spacial score (nSPS) is 17.3. The third kappa shape index (κ3) is 4.13. The Balaban J connectivity index is 1.99. The predicted molar refractivity (Wildman–Crippen MR) is 79.6 cm³/mol. The fourth-order valence-corrected chi connectivity index (χ4v) is 2.80. The van der Waals surface area contributed by atoms with E-state index in [0.717, 1.165) is 18.8 Å². The van der Waals surface area contributed by atoms with Gasteiger partial charge in [0.05, 0.1) is 5.92 Å². The molecule has 0 atom stereocenters. The van der Waals surface area contributed by atoms with Gasteiger partial charge in [-0.25, -0.2) is 0 Å². The summed E-state index contributed by atoms with van der Waals surface area (Å²) in [7, 11) is 0. The maximum absolute atomic E-state index is 12.7. The Labute approximate surface area is 124 Å². The lowest BCUT2D eigenvalue weighted by Gasteiger charge is -2.34. The lowest BCUT2D eigenvalue weighted by molar-refractivity contribution is -0.179. The summed E-state index contributed by atoms with van der Waals surface area (Å²) in [6.07, 6.45) is -3.65. The van der Waals surface area contributed by atoms with E-state index in [0.29, 0.717) is 13.1 Å². The first-order valence-electron chi connectivity index (χ1n) is 7.53. The number of hydrogen-bond acceptors (Lipinski definition) is 2. The number of alkyl halides is 3. The van der Waals surface area contributed by atoms with E-state index in [1.165, 1.54) is 11.1 Å². The SMILES string of the molecule is CCNCc1ccc(N2CCC(C(F)(F)F)CC2)cc1C. The maximum atomic E-state index is 12.7. The van der Waals surface area contributed by atoms with Crippen molar-refractivity contribution in [1.29, 1.82) is 0 Å². The van der Waals surface area contributed by atoms with E-state index in [1.807, 2.05) is 6.07 Å². The number of benzene rings is 1. The van der Waals surface area contributed by atoms with Gasteiger partial charge in [-0.15, -0.1) is 0 Å². The second-order valence-electron chi connectivity index (χ2n) is 5.69. The number of aryl methyl sites for hydroxylation is 1. The smallest absolute Gasteiger partial charge is 0.371 e. The molecule has 1 N–H and O–H groups in total. The molecule has 0 aromatic heterocycles. The zero-order chi connectivity index (χ0) is 15.5. The molecular weight excluding hydrogens is 277 g/mol. The highest BCUT2D eigenvalue weighted by molar-refractivity contribution is 5.51. The molecule has 0 unspecified atom stereocenters. The first kappa shape index (κ1) is 16.1. The van der Waals surface area contributed by atoms with Crippen molar-refractivity contribution in [3.05, 3.63) is 29.3 Å². The van der Waals surface area contributed by atoms with Crippen LogP contribution in [-0.4, -0.2) is 25.8 Å². The van der Waals surface area contributed by atoms with Crippen molar-refractivity contribution >= 4 is 5.69 Å². The third-order valence-electron chi connectivity index (χ3n) is 4.21. The Morgan fingerprint density at radius 1 is 1.24 bits per heavy atom. The molecule has 0 amide bonds. The van der Waals surface area contributed by atoms with Gasteiger partial charge in [-0.3, -0.25) is 0 Å². The highest BCUT2D eigenvalue weighted by Crippen LogP contribution is 2.35. The molecule has 0 saturated carbocycles. The fraction of sp³-hybridized carbons (Fsp3) is 0.625. The number of rotatable bonds is 4. The van der Waals surface area contributed by atoms with Crippen molar-refractivity contribution < 1.29 is 13.2 Å². The van der Waals surface area contributed by atoms with E-state index in [9.17, 15) is 13.2 Å². The van der Waals surface area contributed by atoms with Gasteiger partial charge in [0.2, 0.25) is 0 Å². The Morgan fingerprint density at radius 2 is 1.90 bits per heavy atom. The molecule has 1 aromatic carbocycles. The summed E-state index contributed by atoms with van der Waals surface area (Å²) < 4.78 is 38.0. The number of halogens is 3. The molecule has 0 spiro atoms. The minimum absolute atomic E-state index is 0.196. The summed E-state index contributed by atoms with van der Waals surface area (Å²) in [4.78, 5) is 2.06. The average Bonchev–Trinajstić information content (AvgIpc) is 2.45. The Morgan fingerprint density at radius 3 is 2.43 bits per heavy atom. The number of nitrogens with zero attached hydrogens (tertiary/aromatic N) is 1. The molecule has 0 bridgehead atoms. The van der Waals surface area contributed by atoms with Gasteiger partial charge in [-0.1, -0.05) is 13.0 Å². The molecule has 2 nitrogen and oxygen atoms in total. The zero-order valence-electron chi connectivity index (χ0n) is 12.6. The summed E-state index contributed by atoms with van der Waals surface area (Å²) >= 11 is 0. The lowest BCUT2D eigenvalue weighted by Crippen LogP contribution is -2.39. The van der Waals surface area contributed by atoms with Crippen LogP contribution in [0.4, 0.5) is 18.9 Å². The molecule has 1 aliphatic rings. The molecule has 1 saturated heterocycles. The van der Waals surface area contributed by atoms with Gasteiger partial charge < -0.3 is 10.2 Å². The summed E-state index contributed by atoms with van der Waals surface area (Å²) in [5.41, 5.74) is 3.46. The standard InChI is InChI=1S/C16H23F3N2/c1-3-20-11-13-4-5-15(10-12(13)2)21-8-6-14(7-9-21)16(17,18)19/h4-5,10,14,20H,3,6-9,11H2,1-2H3. The molecular formula is C16H23F3N2. The van der Waals surface area contributed by atoms with Crippen LogP contribution in [0.3, 0.4) is 0 Å². The van der Waals surface area contributed by atoms with Crippen molar-refractivity contribution in [2.75, 3.05) is 24.5 Å². The molecule has 1 aliphatic heterocycles. The van der Waals surface area contributed by atoms with Crippen molar-refractivity contribution in [3.63, 3.8) is 0 Å². The van der Waals surface area contributed by atoms with Crippen molar-refractivity contribution in [2.45, 2.75) is 39.4 Å². The third-order valence-corrected chi connectivity index (χ3v) is 4.21. The van der Waals surface area contributed by atoms with Gasteiger partial charge in [0.15, 0.2) is 0 Å². The van der Waals surface area contributed by atoms with Gasteiger partial charge >= 0.3 is 6.18 Å². The van der Waals surface area contributed by atoms with Crippen LogP contribution in [0.25, 0.3) is 0 Å². The first-order valence-corrected chi connectivity index (χ1v) is 7.53. The van der Waals surface area contributed by atoms with Crippen molar-refractivity contribution in [2.24, 2.45) is 5.92 Å². The fourth-order valence-electron chi connectivity index (χ4n) is 2.80. The number of piperidine rings is 1. The summed E-state index contributed by atoms with van der Waals surface area (Å²) in [6.45, 7) is 6.84. The van der Waals surface area contributed by atoms with Crippen LogP contribution in [0.15, 0.2) is 18.2 Å². The molecule has 0 aliphatic carbocycles. The van der Waals surface area contributed by atoms with Gasteiger partial charge in [0.25, 0.3) is 0 Å². The summed E-state index contributed by atoms with van der Waals surface area (Å²) in [5.74, 6) is -1.14. The van der Waals surface area contributed by atoms with Gasteiger partial charge in [-0.05, 0) is 49.6 Å². The Bertz CT molecular complexity index is 463. The molecule has 5 heteroatoms. The summed E-state index contributed by atoms with van der Waals surface area (Å²) in [6, 6.07) is 6.18. The van der Waals surface area contributed by atoms with Crippen LogP contribution in [-0.2, 0) is 6.54 Å². The first-order chi connectivity index (χ1) is 9.91. The van der Waals surface area contributed by atoms with Crippen LogP contribution >= 0.6 is 0 Å². The highest BCUT2D eigenvalue weighted by Gasteiger charge is 2.41. The van der Waals surface area contributed by atoms with E-state index in [-0.39, 0.29) is 12.8 Å². The van der Waals surface area contributed by atoms with Crippen molar-refractivity contribution in [3.8, 4) is 0 Å². The number of hydrogen-bond donors (Lipinski definition) is 1. The molecule has 0 radical (unpaired) electrons. The average molecular weight is 300 g/mol. The number of nitrogens with one attached hydrogen (secondary N) is 1. The minimum atomic E-state index is -4.04. The van der Waals surface area contributed by atoms with Gasteiger partial charge in [-0.2, -0.15) is 13.2 Å². The van der Waals surface area contributed by atoms with Crippen molar-refractivity contribution in [1.82, 2.24) is 5.32 Å². The van der Waals surface area contributed by atoms with Gasteiger partial charge in [0.1, 0.15) is 0 Å². The van der Waals surface area contributed by atoms with Crippen LogP contribution in [0.1, 0.15) is 30.9 Å². The molecule has 1 aromatic rings. The van der Waals surface area contributed by atoms with Crippen LogP contribution in [0.2, 0.25) is 0 Å². The Kier molecular flexibility index (Phi) is 5.14. The second-order valence-corrected chi connectivity index (χ2v) is 5.69. The van der Waals surface area contributed by atoms with Crippen LogP contribution in [0.5, 0.6) is 0 Å². The number of anilines is 1. The monoisotopic (exact) mass is 300 g/mol. The largest absolute Gasteiger partial charge is 0.391 e. The molecule has 1 heterocycles. The quantitative estimate of drug-likeness (QED) is 0.907. The zero-order valence-corrected chi connectivity index (χ0v) is 12.6. The van der Waals surface area contributed by atoms with Crippen LogP contribution in [0, 0.1) is 12.8 Å². The van der Waals surface area contributed by atoms with E-state index >= 15 is 0 Å². The van der Waals surface area contributed by atoms with E-state index in [4.69, 9.17) is 0 Å². The summed E-state index contributed by atoms with van der Waals surface area (Å²) in [5, 5.41) is 3.29. The second kappa shape index (κ2) is 6.69. The molecule has 118 valence electrons. The molecule has 1 fully saturated rings.